The molecular formula is C18H29ClN4O. The van der Waals surface area contributed by atoms with Crippen LogP contribution in [0.5, 0.6) is 0 Å². The van der Waals surface area contributed by atoms with Crippen LogP contribution in [0.25, 0.3) is 0 Å². The number of rotatable bonds is 2. The molecule has 1 saturated heterocycles. The second kappa shape index (κ2) is 7.62. The van der Waals surface area contributed by atoms with Crippen molar-refractivity contribution in [2.75, 3.05) is 38.0 Å². The molecule has 1 aromatic rings. The lowest BCUT2D eigenvalue weighted by Gasteiger charge is -2.36. The Bertz CT molecular complexity index is 577. The molecule has 0 radical (unpaired) electrons. The molecule has 5 nitrogen and oxygen atoms in total. The third kappa shape index (κ3) is 4.54. The van der Waals surface area contributed by atoms with Crippen LogP contribution in [-0.4, -0.2) is 54.1 Å². The normalized spacial score (nSPS) is 17.7. The van der Waals surface area contributed by atoms with E-state index in [1.807, 2.05) is 25.7 Å². The SMILES string of the molecule is CC(C)(C)NC(=O)N1CCN(Cc2cccc3c2NCC3)CC1.Cl. The van der Waals surface area contributed by atoms with Gasteiger partial charge < -0.3 is 15.5 Å². The van der Waals surface area contributed by atoms with E-state index in [2.05, 4.69) is 33.7 Å². The Hall–Kier alpha value is -1.46. The molecule has 24 heavy (non-hydrogen) atoms. The predicted molar refractivity (Wildman–Crippen MR) is 101 cm³/mol. The summed E-state index contributed by atoms with van der Waals surface area (Å²) in [5.41, 5.74) is 3.98. The van der Waals surface area contributed by atoms with Gasteiger partial charge in [0.15, 0.2) is 0 Å². The first kappa shape index (κ1) is 18.9. The largest absolute Gasteiger partial charge is 0.384 e. The Morgan fingerprint density at radius 2 is 1.92 bits per heavy atom. The fourth-order valence-corrected chi connectivity index (χ4v) is 3.29. The van der Waals surface area contributed by atoms with Crippen molar-refractivity contribution in [1.29, 1.82) is 0 Å². The number of para-hydroxylation sites is 1. The Kier molecular flexibility index (Phi) is 5.99. The lowest BCUT2D eigenvalue weighted by Crippen LogP contribution is -2.54. The lowest BCUT2D eigenvalue weighted by atomic mass is 10.1. The number of hydrogen-bond acceptors (Lipinski definition) is 3. The highest BCUT2D eigenvalue weighted by Gasteiger charge is 2.24. The van der Waals surface area contributed by atoms with Gasteiger partial charge in [-0.1, -0.05) is 18.2 Å². The molecule has 0 saturated carbocycles. The van der Waals surface area contributed by atoms with Crippen LogP contribution in [0, 0.1) is 0 Å². The van der Waals surface area contributed by atoms with Gasteiger partial charge in [-0.05, 0) is 38.3 Å². The van der Waals surface area contributed by atoms with Crippen molar-refractivity contribution in [2.24, 2.45) is 0 Å². The molecule has 0 bridgehead atoms. The molecule has 3 rings (SSSR count). The van der Waals surface area contributed by atoms with Gasteiger partial charge in [0.05, 0.1) is 0 Å². The van der Waals surface area contributed by atoms with Gasteiger partial charge in [-0.25, -0.2) is 4.79 Å². The Labute approximate surface area is 151 Å². The molecule has 0 aliphatic carbocycles. The number of piperazine rings is 1. The molecule has 0 atom stereocenters. The number of fused-ring (bicyclic) bond motifs is 1. The predicted octanol–water partition coefficient (Wildman–Crippen LogP) is 2.70. The Morgan fingerprint density at radius 3 is 2.58 bits per heavy atom. The highest BCUT2D eigenvalue weighted by molar-refractivity contribution is 5.85. The van der Waals surface area contributed by atoms with Crippen LogP contribution >= 0.6 is 12.4 Å². The van der Waals surface area contributed by atoms with Crippen LogP contribution < -0.4 is 10.6 Å². The quantitative estimate of drug-likeness (QED) is 0.860. The molecular weight excluding hydrogens is 324 g/mol. The fraction of sp³-hybridized carbons (Fsp3) is 0.611. The summed E-state index contributed by atoms with van der Waals surface area (Å²) >= 11 is 0. The van der Waals surface area contributed by atoms with Gasteiger partial charge >= 0.3 is 6.03 Å². The zero-order chi connectivity index (χ0) is 16.4. The van der Waals surface area contributed by atoms with Crippen LogP contribution in [0.4, 0.5) is 10.5 Å². The average molecular weight is 353 g/mol. The molecule has 2 aliphatic rings. The molecule has 1 aromatic carbocycles. The minimum atomic E-state index is -0.176. The number of halogens is 1. The Morgan fingerprint density at radius 1 is 1.21 bits per heavy atom. The third-order valence-electron chi connectivity index (χ3n) is 4.47. The standard InChI is InChI=1S/C18H28N4O.ClH/c1-18(2,3)20-17(23)22-11-9-21(10-12-22)13-15-6-4-5-14-7-8-19-16(14)15;/h4-6,19H,7-13H2,1-3H3,(H,20,23);1H. The van der Waals surface area contributed by atoms with E-state index in [0.29, 0.717) is 0 Å². The van der Waals surface area contributed by atoms with Crippen LogP contribution in [0.3, 0.4) is 0 Å². The van der Waals surface area contributed by atoms with Gasteiger partial charge in [0.25, 0.3) is 0 Å². The summed E-state index contributed by atoms with van der Waals surface area (Å²) in [5, 5.41) is 6.56. The summed E-state index contributed by atoms with van der Waals surface area (Å²) < 4.78 is 0. The van der Waals surface area contributed by atoms with Crippen molar-refractivity contribution in [3.8, 4) is 0 Å². The molecule has 2 heterocycles. The molecule has 1 fully saturated rings. The van der Waals surface area contributed by atoms with Gasteiger partial charge in [0.2, 0.25) is 0 Å². The van der Waals surface area contributed by atoms with E-state index in [-0.39, 0.29) is 24.0 Å². The number of amides is 2. The van der Waals surface area contributed by atoms with E-state index in [1.54, 1.807) is 0 Å². The van der Waals surface area contributed by atoms with Crippen LogP contribution in [0.2, 0.25) is 0 Å². The first-order valence-electron chi connectivity index (χ1n) is 8.56. The number of benzene rings is 1. The number of carbonyl (C=O) groups is 1. The maximum Gasteiger partial charge on any atom is 0.317 e. The van der Waals surface area contributed by atoms with E-state index in [4.69, 9.17) is 0 Å². The van der Waals surface area contributed by atoms with Crippen molar-refractivity contribution >= 4 is 24.1 Å². The van der Waals surface area contributed by atoms with E-state index < -0.39 is 0 Å². The Balaban J connectivity index is 0.00000208. The van der Waals surface area contributed by atoms with Crippen molar-refractivity contribution < 1.29 is 4.79 Å². The maximum absolute atomic E-state index is 12.2. The van der Waals surface area contributed by atoms with E-state index in [0.717, 1.165) is 45.7 Å². The van der Waals surface area contributed by atoms with Crippen LogP contribution in [0.1, 0.15) is 31.9 Å². The van der Waals surface area contributed by atoms with Crippen molar-refractivity contribution in [2.45, 2.75) is 39.3 Å². The van der Waals surface area contributed by atoms with E-state index in [9.17, 15) is 4.79 Å². The summed E-state index contributed by atoms with van der Waals surface area (Å²) in [4.78, 5) is 16.6. The second-order valence-corrected chi connectivity index (χ2v) is 7.57. The fourth-order valence-electron chi connectivity index (χ4n) is 3.29. The number of urea groups is 1. The number of hydrogen-bond donors (Lipinski definition) is 2. The lowest BCUT2D eigenvalue weighted by molar-refractivity contribution is 0.131. The first-order valence-corrected chi connectivity index (χ1v) is 8.56. The van der Waals surface area contributed by atoms with Gasteiger partial charge in [-0.2, -0.15) is 0 Å². The summed E-state index contributed by atoms with van der Waals surface area (Å²) in [7, 11) is 0. The van der Waals surface area contributed by atoms with Gasteiger partial charge in [-0.15, -0.1) is 12.4 Å². The van der Waals surface area contributed by atoms with E-state index >= 15 is 0 Å². The van der Waals surface area contributed by atoms with Crippen LogP contribution in [-0.2, 0) is 13.0 Å². The maximum atomic E-state index is 12.2. The highest BCUT2D eigenvalue weighted by atomic mass is 35.5. The van der Waals surface area contributed by atoms with Gasteiger partial charge in [0.1, 0.15) is 0 Å². The van der Waals surface area contributed by atoms with Crippen molar-refractivity contribution in [1.82, 2.24) is 15.1 Å². The van der Waals surface area contributed by atoms with Crippen molar-refractivity contribution in [3.05, 3.63) is 29.3 Å². The molecule has 2 N–H and O–H groups in total. The molecule has 6 heteroatoms. The van der Waals surface area contributed by atoms with Crippen molar-refractivity contribution in [3.63, 3.8) is 0 Å². The second-order valence-electron chi connectivity index (χ2n) is 7.57. The average Bonchev–Trinajstić information content (AvgIpc) is 2.96. The minimum Gasteiger partial charge on any atom is -0.384 e. The summed E-state index contributed by atoms with van der Waals surface area (Å²) in [5.74, 6) is 0. The molecule has 134 valence electrons. The van der Waals surface area contributed by atoms with Crippen LogP contribution in [0.15, 0.2) is 18.2 Å². The minimum absolute atomic E-state index is 0. The molecule has 0 unspecified atom stereocenters. The number of nitrogens with zero attached hydrogens (tertiary/aromatic N) is 2. The summed E-state index contributed by atoms with van der Waals surface area (Å²) in [6, 6.07) is 6.65. The number of carbonyl (C=O) groups excluding carboxylic acids is 1. The molecule has 0 aromatic heterocycles. The topological polar surface area (TPSA) is 47.6 Å². The summed E-state index contributed by atoms with van der Waals surface area (Å²) in [6.45, 7) is 11.5. The zero-order valence-electron chi connectivity index (χ0n) is 14.9. The number of nitrogens with one attached hydrogen (secondary N) is 2. The zero-order valence-corrected chi connectivity index (χ0v) is 15.7. The molecule has 0 spiro atoms. The first-order chi connectivity index (χ1) is 10.9. The highest BCUT2D eigenvalue weighted by Crippen LogP contribution is 2.27. The molecule has 2 amide bonds. The molecule has 2 aliphatic heterocycles. The smallest absolute Gasteiger partial charge is 0.317 e. The van der Waals surface area contributed by atoms with Gasteiger partial charge in [0, 0.05) is 50.5 Å². The monoisotopic (exact) mass is 352 g/mol. The summed E-state index contributed by atoms with van der Waals surface area (Å²) in [6.07, 6.45) is 1.13. The van der Waals surface area contributed by atoms with E-state index in [1.165, 1.54) is 16.8 Å². The third-order valence-corrected chi connectivity index (χ3v) is 4.47. The number of anilines is 1. The van der Waals surface area contributed by atoms with Gasteiger partial charge in [-0.3, -0.25) is 4.90 Å².